The van der Waals surface area contributed by atoms with Crippen molar-refractivity contribution in [1.29, 1.82) is 0 Å². The summed E-state index contributed by atoms with van der Waals surface area (Å²) in [5.74, 6) is 0.100. The minimum atomic E-state index is -0.391. The first-order chi connectivity index (χ1) is 8.10. The van der Waals surface area contributed by atoms with Crippen LogP contribution in [-0.4, -0.2) is 23.0 Å². The average molecular weight is 326 g/mol. The van der Waals surface area contributed by atoms with E-state index in [1.165, 1.54) is 0 Å². The van der Waals surface area contributed by atoms with Crippen molar-refractivity contribution >= 4 is 42.1 Å². The molecule has 1 saturated heterocycles. The average Bonchev–Trinajstić information content (AvgIpc) is 2.73. The molecular formula is C12H21Cl2N3OS. The van der Waals surface area contributed by atoms with E-state index in [4.69, 9.17) is 0 Å². The minimum absolute atomic E-state index is 0. The molecule has 1 aliphatic rings. The molecule has 1 aromatic heterocycles. The molecule has 19 heavy (non-hydrogen) atoms. The summed E-state index contributed by atoms with van der Waals surface area (Å²) < 4.78 is 0. The van der Waals surface area contributed by atoms with Gasteiger partial charge in [-0.05, 0) is 39.7 Å². The topological polar surface area (TPSA) is 54.0 Å². The molecule has 110 valence electrons. The predicted octanol–water partition coefficient (Wildman–Crippen LogP) is 2.44. The maximum atomic E-state index is 12.1. The number of hydrogen-bond acceptors (Lipinski definition) is 4. The minimum Gasteiger partial charge on any atom is -0.350 e. The van der Waals surface area contributed by atoms with Gasteiger partial charge >= 0.3 is 0 Å². The molecule has 1 aliphatic heterocycles. The molecule has 7 heteroatoms. The van der Waals surface area contributed by atoms with Gasteiger partial charge in [-0.3, -0.25) is 4.79 Å². The van der Waals surface area contributed by atoms with Crippen LogP contribution in [0.4, 0.5) is 0 Å². The highest BCUT2D eigenvalue weighted by Gasteiger charge is 2.33. The van der Waals surface area contributed by atoms with Gasteiger partial charge in [0.25, 0.3) is 0 Å². The molecule has 0 aromatic carbocycles. The van der Waals surface area contributed by atoms with Crippen molar-refractivity contribution in [2.24, 2.45) is 0 Å². The van der Waals surface area contributed by atoms with E-state index in [0.717, 1.165) is 35.7 Å². The van der Waals surface area contributed by atoms with E-state index >= 15 is 0 Å². The van der Waals surface area contributed by atoms with Gasteiger partial charge in [0.2, 0.25) is 5.91 Å². The van der Waals surface area contributed by atoms with Crippen molar-refractivity contribution in [1.82, 2.24) is 15.6 Å². The zero-order chi connectivity index (χ0) is 12.3. The number of carbonyl (C=O) groups is 1. The van der Waals surface area contributed by atoms with Gasteiger partial charge in [-0.1, -0.05) is 0 Å². The molecule has 1 amide bonds. The molecule has 1 aromatic rings. The predicted molar refractivity (Wildman–Crippen MR) is 83.5 cm³/mol. The second-order valence-corrected chi connectivity index (χ2v) is 6.06. The molecule has 0 saturated carbocycles. The number of halogens is 2. The van der Waals surface area contributed by atoms with Gasteiger partial charge in [0, 0.05) is 11.1 Å². The number of aromatic nitrogens is 1. The number of aryl methyl sites for hydroxylation is 1. The molecular weight excluding hydrogens is 305 g/mol. The molecule has 2 rings (SSSR count). The number of thiazole rings is 1. The van der Waals surface area contributed by atoms with Gasteiger partial charge in [0.15, 0.2) is 0 Å². The summed E-state index contributed by atoms with van der Waals surface area (Å²) in [5.41, 5.74) is -0.391. The van der Waals surface area contributed by atoms with Crippen LogP contribution in [0.5, 0.6) is 0 Å². The number of nitrogens with zero attached hydrogens (tertiary/aromatic N) is 1. The lowest BCUT2D eigenvalue weighted by Crippen LogP contribution is -2.56. The van der Waals surface area contributed by atoms with Gasteiger partial charge < -0.3 is 10.6 Å². The maximum Gasteiger partial charge on any atom is 0.240 e. The first kappa shape index (κ1) is 18.6. The van der Waals surface area contributed by atoms with Crippen LogP contribution in [0.3, 0.4) is 0 Å². The first-order valence-corrected chi connectivity index (χ1v) is 6.86. The van der Waals surface area contributed by atoms with Crippen LogP contribution in [0.1, 0.15) is 36.1 Å². The molecule has 1 atom stereocenters. The van der Waals surface area contributed by atoms with Gasteiger partial charge in [-0.2, -0.15) is 0 Å². The van der Waals surface area contributed by atoms with E-state index in [1.807, 2.05) is 20.0 Å². The van der Waals surface area contributed by atoms with Crippen LogP contribution < -0.4 is 10.6 Å². The molecule has 2 N–H and O–H groups in total. The summed E-state index contributed by atoms with van der Waals surface area (Å²) in [6.45, 7) is 5.48. The van der Waals surface area contributed by atoms with E-state index in [1.54, 1.807) is 11.3 Å². The van der Waals surface area contributed by atoms with E-state index in [9.17, 15) is 4.79 Å². The first-order valence-electron chi connectivity index (χ1n) is 6.05. The number of carbonyl (C=O) groups excluding carboxylic acids is 1. The lowest BCUT2D eigenvalue weighted by atomic mass is 9.90. The lowest BCUT2D eigenvalue weighted by molar-refractivity contribution is -0.128. The largest absolute Gasteiger partial charge is 0.350 e. The van der Waals surface area contributed by atoms with Crippen molar-refractivity contribution < 1.29 is 4.79 Å². The van der Waals surface area contributed by atoms with Crippen LogP contribution in [0.25, 0.3) is 0 Å². The van der Waals surface area contributed by atoms with E-state index < -0.39 is 5.54 Å². The third kappa shape index (κ3) is 4.91. The highest BCUT2D eigenvalue weighted by atomic mass is 35.5. The monoisotopic (exact) mass is 325 g/mol. The standard InChI is InChI=1S/C12H19N3OS.2ClH/c1-9-13-7-10(17-9)8-14-11(16)12(2)5-3-4-6-15-12;;/h7,15H,3-6,8H2,1-2H3,(H,14,16);2*1H. The van der Waals surface area contributed by atoms with E-state index in [-0.39, 0.29) is 30.7 Å². The lowest BCUT2D eigenvalue weighted by Gasteiger charge is -2.33. The molecule has 0 bridgehead atoms. The Kier molecular flexibility index (Phi) is 7.89. The van der Waals surface area contributed by atoms with E-state index in [0.29, 0.717) is 6.54 Å². The summed E-state index contributed by atoms with van der Waals surface area (Å²) in [7, 11) is 0. The number of hydrogen-bond donors (Lipinski definition) is 2. The Hall–Kier alpha value is -0.360. The summed E-state index contributed by atoms with van der Waals surface area (Å²) >= 11 is 1.63. The molecule has 0 aliphatic carbocycles. The highest BCUT2D eigenvalue weighted by Crippen LogP contribution is 2.19. The van der Waals surface area contributed by atoms with Crippen LogP contribution in [-0.2, 0) is 11.3 Å². The molecule has 0 spiro atoms. The number of piperidine rings is 1. The van der Waals surface area contributed by atoms with E-state index in [2.05, 4.69) is 15.6 Å². The van der Waals surface area contributed by atoms with Gasteiger partial charge in [-0.25, -0.2) is 4.98 Å². The number of nitrogens with one attached hydrogen (secondary N) is 2. The van der Waals surface area contributed by atoms with Crippen LogP contribution in [0.15, 0.2) is 6.20 Å². The molecule has 2 heterocycles. The molecule has 1 fully saturated rings. The Morgan fingerprint density at radius 3 is 2.79 bits per heavy atom. The quantitative estimate of drug-likeness (QED) is 0.897. The van der Waals surface area contributed by atoms with Gasteiger partial charge in [0.1, 0.15) is 0 Å². The third-order valence-electron chi connectivity index (χ3n) is 3.21. The zero-order valence-electron chi connectivity index (χ0n) is 11.2. The summed E-state index contributed by atoms with van der Waals surface area (Å²) in [6.07, 6.45) is 5.03. The van der Waals surface area contributed by atoms with Crippen LogP contribution >= 0.6 is 36.2 Å². The Labute approximate surface area is 130 Å². The van der Waals surface area contributed by atoms with Crippen molar-refractivity contribution in [3.05, 3.63) is 16.1 Å². The fourth-order valence-electron chi connectivity index (χ4n) is 2.10. The summed E-state index contributed by atoms with van der Waals surface area (Å²) in [6, 6.07) is 0. The summed E-state index contributed by atoms with van der Waals surface area (Å²) in [4.78, 5) is 17.4. The third-order valence-corrected chi connectivity index (χ3v) is 4.12. The Bertz CT molecular complexity index is 405. The van der Waals surface area contributed by atoms with Crippen molar-refractivity contribution in [3.8, 4) is 0 Å². The Morgan fingerprint density at radius 1 is 1.53 bits per heavy atom. The van der Waals surface area contributed by atoms with Gasteiger partial charge in [-0.15, -0.1) is 36.2 Å². The smallest absolute Gasteiger partial charge is 0.240 e. The Balaban J connectivity index is 0.00000162. The van der Waals surface area contributed by atoms with Gasteiger partial charge in [0.05, 0.1) is 17.1 Å². The number of amides is 1. The van der Waals surface area contributed by atoms with Crippen molar-refractivity contribution in [2.45, 2.75) is 45.2 Å². The Morgan fingerprint density at radius 2 is 2.26 bits per heavy atom. The fourth-order valence-corrected chi connectivity index (χ4v) is 2.83. The summed E-state index contributed by atoms with van der Waals surface area (Å²) in [5, 5.41) is 7.34. The second-order valence-electron chi connectivity index (χ2n) is 4.74. The second kappa shape index (κ2) is 8.04. The molecule has 4 nitrogen and oxygen atoms in total. The maximum absolute atomic E-state index is 12.1. The normalized spacial score (nSPS) is 22.0. The van der Waals surface area contributed by atoms with Crippen LogP contribution in [0, 0.1) is 6.92 Å². The SMILES string of the molecule is Cc1ncc(CNC(=O)C2(C)CCCCN2)s1.Cl.Cl. The van der Waals surface area contributed by atoms with Crippen molar-refractivity contribution in [2.75, 3.05) is 6.54 Å². The molecule has 1 unspecified atom stereocenters. The van der Waals surface area contributed by atoms with Crippen molar-refractivity contribution in [3.63, 3.8) is 0 Å². The highest BCUT2D eigenvalue weighted by molar-refractivity contribution is 7.11. The molecule has 0 radical (unpaired) electrons. The fraction of sp³-hybridized carbons (Fsp3) is 0.667. The number of rotatable bonds is 3. The zero-order valence-corrected chi connectivity index (χ0v) is 13.6. The van der Waals surface area contributed by atoms with Crippen LogP contribution in [0.2, 0.25) is 0 Å².